The van der Waals surface area contributed by atoms with E-state index in [2.05, 4.69) is 12.2 Å². The Morgan fingerprint density at radius 2 is 2.00 bits per heavy atom. The molecule has 0 fully saturated rings. The highest BCUT2D eigenvalue weighted by atomic mass is 16.5. The predicted molar refractivity (Wildman–Crippen MR) is 81.2 cm³/mol. The molecule has 0 spiro atoms. The van der Waals surface area contributed by atoms with Gasteiger partial charge in [-0.15, -0.1) is 0 Å². The molecule has 1 aromatic rings. The molecule has 4 nitrogen and oxygen atoms in total. The first-order valence-corrected chi connectivity index (χ1v) is 7.20. The summed E-state index contributed by atoms with van der Waals surface area (Å²) in [5.41, 5.74) is 7.15. The van der Waals surface area contributed by atoms with Gasteiger partial charge in [0.25, 0.3) is 0 Å². The molecule has 0 saturated carbocycles. The highest BCUT2D eigenvalue weighted by Gasteiger charge is 2.23. The molecule has 3 atom stereocenters. The molecule has 1 aromatic carbocycles. The summed E-state index contributed by atoms with van der Waals surface area (Å²) in [4.78, 5) is 12.3. The van der Waals surface area contributed by atoms with Crippen LogP contribution in [0.25, 0.3) is 0 Å². The summed E-state index contributed by atoms with van der Waals surface area (Å²) in [5, 5.41) is 3.03. The van der Waals surface area contributed by atoms with Crippen LogP contribution in [0.2, 0.25) is 0 Å². The Balaban J connectivity index is 2.61. The van der Waals surface area contributed by atoms with E-state index in [1.54, 1.807) is 7.11 Å². The molecule has 4 heteroatoms. The van der Waals surface area contributed by atoms with Crippen LogP contribution in [0.5, 0.6) is 0 Å². The number of hydrogen-bond acceptors (Lipinski definition) is 3. The van der Waals surface area contributed by atoms with Gasteiger partial charge in [-0.2, -0.15) is 0 Å². The number of rotatable bonds is 8. The number of carbonyl (C=O) groups excluding carboxylic acids is 1. The van der Waals surface area contributed by atoms with E-state index in [0.29, 0.717) is 6.61 Å². The van der Waals surface area contributed by atoms with Gasteiger partial charge in [-0.05, 0) is 12.0 Å². The molecular weight excluding hydrogens is 252 g/mol. The third kappa shape index (κ3) is 4.94. The van der Waals surface area contributed by atoms with Crippen LogP contribution in [0, 0.1) is 5.92 Å². The average Bonchev–Trinajstić information content (AvgIpc) is 2.47. The fourth-order valence-electron chi connectivity index (χ4n) is 2.21. The molecule has 0 aliphatic carbocycles. The minimum Gasteiger partial charge on any atom is -0.383 e. The van der Waals surface area contributed by atoms with Gasteiger partial charge in [0.05, 0.1) is 18.6 Å². The predicted octanol–water partition coefficient (Wildman–Crippen LogP) is 2.25. The van der Waals surface area contributed by atoms with Crippen LogP contribution in [-0.4, -0.2) is 25.7 Å². The van der Waals surface area contributed by atoms with Crippen LogP contribution >= 0.6 is 0 Å². The molecular formula is C16H26N2O2. The molecule has 20 heavy (non-hydrogen) atoms. The van der Waals surface area contributed by atoms with Gasteiger partial charge in [-0.3, -0.25) is 4.79 Å². The molecule has 0 heterocycles. The molecule has 0 aliphatic rings. The van der Waals surface area contributed by atoms with E-state index in [-0.39, 0.29) is 23.9 Å². The molecule has 112 valence electrons. The largest absolute Gasteiger partial charge is 0.383 e. The lowest BCUT2D eigenvalue weighted by Gasteiger charge is -2.23. The van der Waals surface area contributed by atoms with Crippen molar-refractivity contribution in [1.82, 2.24) is 5.32 Å². The fourth-order valence-corrected chi connectivity index (χ4v) is 2.21. The monoisotopic (exact) mass is 278 g/mol. The molecule has 0 aromatic heterocycles. The minimum absolute atomic E-state index is 0.0168. The number of amides is 1. The molecule has 0 bridgehead atoms. The number of carbonyl (C=O) groups is 1. The van der Waals surface area contributed by atoms with Crippen LogP contribution in [0.3, 0.4) is 0 Å². The Labute approximate surface area is 121 Å². The van der Waals surface area contributed by atoms with E-state index in [4.69, 9.17) is 10.5 Å². The standard InChI is InChI=1S/C16H26N2O2/c1-4-8-14(11-20-3)18-16(19)12(2)15(17)13-9-6-5-7-10-13/h5-7,9-10,12,14-15H,4,8,11,17H2,1-3H3,(H,18,19). The number of nitrogens with two attached hydrogens (primary N) is 1. The van der Waals surface area contributed by atoms with Gasteiger partial charge in [0, 0.05) is 13.2 Å². The van der Waals surface area contributed by atoms with Crippen molar-refractivity contribution in [2.24, 2.45) is 11.7 Å². The number of hydrogen-bond donors (Lipinski definition) is 2. The molecule has 3 unspecified atom stereocenters. The Morgan fingerprint density at radius 1 is 1.35 bits per heavy atom. The van der Waals surface area contributed by atoms with E-state index in [9.17, 15) is 4.79 Å². The first-order chi connectivity index (χ1) is 9.60. The molecule has 1 rings (SSSR count). The van der Waals surface area contributed by atoms with Gasteiger partial charge in [0.2, 0.25) is 5.91 Å². The molecule has 0 aliphatic heterocycles. The van der Waals surface area contributed by atoms with Crippen molar-refractivity contribution in [3.05, 3.63) is 35.9 Å². The van der Waals surface area contributed by atoms with Gasteiger partial charge in [-0.1, -0.05) is 50.6 Å². The van der Waals surface area contributed by atoms with Crippen LogP contribution < -0.4 is 11.1 Å². The van der Waals surface area contributed by atoms with E-state index < -0.39 is 0 Å². The summed E-state index contributed by atoms with van der Waals surface area (Å²) in [6, 6.07) is 9.48. The second-order valence-corrected chi connectivity index (χ2v) is 5.17. The van der Waals surface area contributed by atoms with Crippen molar-refractivity contribution >= 4 is 5.91 Å². The maximum absolute atomic E-state index is 12.3. The Morgan fingerprint density at radius 3 is 2.55 bits per heavy atom. The number of methoxy groups -OCH3 is 1. The van der Waals surface area contributed by atoms with Gasteiger partial charge in [0.15, 0.2) is 0 Å². The average molecular weight is 278 g/mol. The lowest BCUT2D eigenvalue weighted by atomic mass is 9.94. The highest BCUT2D eigenvalue weighted by Crippen LogP contribution is 2.19. The Kier molecular flexibility index (Phi) is 7.26. The lowest BCUT2D eigenvalue weighted by molar-refractivity contribution is -0.126. The zero-order chi connectivity index (χ0) is 15.0. The summed E-state index contributed by atoms with van der Waals surface area (Å²) < 4.78 is 5.14. The van der Waals surface area contributed by atoms with Crippen LogP contribution in [0.15, 0.2) is 30.3 Å². The quantitative estimate of drug-likeness (QED) is 0.766. The van der Waals surface area contributed by atoms with Gasteiger partial charge in [-0.25, -0.2) is 0 Å². The van der Waals surface area contributed by atoms with E-state index in [0.717, 1.165) is 18.4 Å². The first kappa shape index (κ1) is 16.7. The fraction of sp³-hybridized carbons (Fsp3) is 0.562. The zero-order valence-electron chi connectivity index (χ0n) is 12.6. The molecule has 1 amide bonds. The number of benzene rings is 1. The molecule has 0 saturated heterocycles. The van der Waals surface area contributed by atoms with Gasteiger partial charge < -0.3 is 15.8 Å². The second kappa shape index (κ2) is 8.72. The van der Waals surface area contributed by atoms with Crippen LogP contribution in [-0.2, 0) is 9.53 Å². The SMILES string of the molecule is CCCC(COC)NC(=O)C(C)C(N)c1ccccc1. The second-order valence-electron chi connectivity index (χ2n) is 5.17. The smallest absolute Gasteiger partial charge is 0.225 e. The van der Waals surface area contributed by atoms with Crippen molar-refractivity contribution in [2.75, 3.05) is 13.7 Å². The van der Waals surface area contributed by atoms with Crippen LogP contribution in [0.1, 0.15) is 38.3 Å². The van der Waals surface area contributed by atoms with E-state index in [1.165, 1.54) is 0 Å². The summed E-state index contributed by atoms with van der Waals surface area (Å²) in [7, 11) is 1.65. The van der Waals surface area contributed by atoms with Crippen molar-refractivity contribution in [1.29, 1.82) is 0 Å². The maximum Gasteiger partial charge on any atom is 0.225 e. The van der Waals surface area contributed by atoms with Crippen molar-refractivity contribution in [2.45, 2.75) is 38.8 Å². The summed E-state index contributed by atoms with van der Waals surface area (Å²) in [5.74, 6) is -0.287. The topological polar surface area (TPSA) is 64.3 Å². The summed E-state index contributed by atoms with van der Waals surface area (Å²) >= 11 is 0. The number of ether oxygens (including phenoxy) is 1. The first-order valence-electron chi connectivity index (χ1n) is 7.20. The maximum atomic E-state index is 12.3. The van der Waals surface area contributed by atoms with E-state index >= 15 is 0 Å². The number of nitrogens with one attached hydrogen (secondary N) is 1. The Bertz CT molecular complexity index is 389. The summed E-state index contributed by atoms with van der Waals surface area (Å²) in [6.07, 6.45) is 1.92. The van der Waals surface area contributed by atoms with Crippen molar-refractivity contribution in [3.63, 3.8) is 0 Å². The highest BCUT2D eigenvalue weighted by molar-refractivity contribution is 5.79. The van der Waals surface area contributed by atoms with E-state index in [1.807, 2.05) is 37.3 Å². The van der Waals surface area contributed by atoms with Crippen molar-refractivity contribution in [3.8, 4) is 0 Å². The van der Waals surface area contributed by atoms with Gasteiger partial charge >= 0.3 is 0 Å². The van der Waals surface area contributed by atoms with Gasteiger partial charge in [0.1, 0.15) is 0 Å². The minimum atomic E-state index is -0.291. The Hall–Kier alpha value is -1.39. The third-order valence-corrected chi connectivity index (χ3v) is 3.49. The molecule has 0 radical (unpaired) electrons. The van der Waals surface area contributed by atoms with Crippen molar-refractivity contribution < 1.29 is 9.53 Å². The summed E-state index contributed by atoms with van der Waals surface area (Å²) in [6.45, 7) is 4.49. The lowest BCUT2D eigenvalue weighted by Crippen LogP contribution is -2.43. The molecule has 3 N–H and O–H groups in total. The normalized spacial score (nSPS) is 15.4. The zero-order valence-corrected chi connectivity index (χ0v) is 12.6. The third-order valence-electron chi connectivity index (χ3n) is 3.49. The van der Waals surface area contributed by atoms with Crippen LogP contribution in [0.4, 0.5) is 0 Å².